The van der Waals surface area contributed by atoms with Crippen LogP contribution in [-0.4, -0.2) is 29.6 Å². The van der Waals surface area contributed by atoms with Gasteiger partial charge in [-0.3, -0.25) is 9.69 Å². The molecule has 1 aromatic rings. The molecule has 0 saturated heterocycles. The van der Waals surface area contributed by atoms with Crippen molar-refractivity contribution in [2.75, 3.05) is 6.61 Å². The molecule has 0 aliphatic carbocycles. The van der Waals surface area contributed by atoms with Crippen LogP contribution in [0.1, 0.15) is 26.3 Å². The van der Waals surface area contributed by atoms with Gasteiger partial charge in [0.1, 0.15) is 6.04 Å². The average Bonchev–Trinajstić information content (AvgIpc) is 2.44. The number of hydrogen-bond acceptors (Lipinski definition) is 3. The van der Waals surface area contributed by atoms with E-state index < -0.39 is 0 Å². The molecule has 0 spiro atoms. The molecule has 0 bridgehead atoms. The lowest BCUT2D eigenvalue weighted by Gasteiger charge is -2.39. The zero-order chi connectivity index (χ0) is 14.5. The van der Waals surface area contributed by atoms with Gasteiger partial charge in [-0.25, -0.2) is 0 Å². The predicted octanol–water partition coefficient (Wildman–Crippen LogP) is 3.01. The highest BCUT2D eigenvalue weighted by Gasteiger charge is 2.36. The first-order valence-corrected chi connectivity index (χ1v) is 7.28. The summed E-state index contributed by atoms with van der Waals surface area (Å²) in [4.78, 5) is 14.5. The number of carbonyl (C=O) groups excluding carboxylic acids is 1. The Morgan fingerprint density at radius 3 is 2.55 bits per heavy atom. The summed E-state index contributed by atoms with van der Waals surface area (Å²) in [5.41, 5.74) is 1.22. The van der Waals surface area contributed by atoms with E-state index >= 15 is 0 Å². The van der Waals surface area contributed by atoms with Gasteiger partial charge in [0, 0.05) is 18.5 Å². The second kappa shape index (κ2) is 6.71. The fourth-order valence-electron chi connectivity index (χ4n) is 2.72. The average molecular weight is 273 g/mol. The van der Waals surface area contributed by atoms with Crippen molar-refractivity contribution >= 4 is 5.97 Å². The largest absolute Gasteiger partial charge is 0.465 e. The summed E-state index contributed by atoms with van der Waals surface area (Å²) >= 11 is 0. The lowest BCUT2D eigenvalue weighted by atomic mass is 9.92. The summed E-state index contributed by atoms with van der Waals surface area (Å²) in [7, 11) is 0. The summed E-state index contributed by atoms with van der Waals surface area (Å²) in [5, 5.41) is 0. The van der Waals surface area contributed by atoms with Gasteiger partial charge < -0.3 is 4.74 Å². The maximum absolute atomic E-state index is 12.3. The lowest BCUT2D eigenvalue weighted by molar-refractivity contribution is -0.152. The summed E-state index contributed by atoms with van der Waals surface area (Å²) < 4.78 is 5.25. The molecule has 20 heavy (non-hydrogen) atoms. The fraction of sp³-hybridized carbons (Fsp3) is 0.471. The molecule has 3 atom stereocenters. The molecule has 3 nitrogen and oxygen atoms in total. The minimum atomic E-state index is -0.199. The predicted molar refractivity (Wildman–Crippen MR) is 80.2 cm³/mol. The molecular formula is C17H23NO2. The van der Waals surface area contributed by atoms with E-state index in [2.05, 4.69) is 43.0 Å². The van der Waals surface area contributed by atoms with E-state index in [1.54, 1.807) is 0 Å². The molecule has 108 valence electrons. The Hall–Kier alpha value is -1.61. The Morgan fingerprint density at radius 2 is 1.90 bits per heavy atom. The van der Waals surface area contributed by atoms with Gasteiger partial charge in [0.05, 0.1) is 6.61 Å². The van der Waals surface area contributed by atoms with Gasteiger partial charge in [-0.2, -0.15) is 0 Å². The topological polar surface area (TPSA) is 29.5 Å². The van der Waals surface area contributed by atoms with Crippen molar-refractivity contribution in [3.8, 4) is 0 Å². The van der Waals surface area contributed by atoms with Crippen LogP contribution >= 0.6 is 0 Å². The molecule has 0 radical (unpaired) electrons. The van der Waals surface area contributed by atoms with Gasteiger partial charge >= 0.3 is 5.97 Å². The zero-order valence-corrected chi connectivity index (χ0v) is 12.5. The van der Waals surface area contributed by atoms with Crippen LogP contribution in [0.5, 0.6) is 0 Å². The Bertz CT molecular complexity index is 469. The number of hydrogen-bond donors (Lipinski definition) is 0. The standard InChI is InChI=1S/C17H23NO2/c1-4-20-17(19)16-13(2)10-11-14(3)18(16)12-15-8-6-5-7-9-15/h5-11,13-14,16H,4,12H2,1-3H3/t13-,14+,16-/m0/s1. The summed E-state index contributed by atoms with van der Waals surface area (Å²) in [5.74, 6) is 0.0566. The van der Waals surface area contributed by atoms with E-state index in [4.69, 9.17) is 4.74 Å². The van der Waals surface area contributed by atoms with Crippen LogP contribution in [0.2, 0.25) is 0 Å². The number of nitrogens with zero attached hydrogens (tertiary/aromatic N) is 1. The molecular weight excluding hydrogens is 250 g/mol. The minimum Gasteiger partial charge on any atom is -0.465 e. The van der Waals surface area contributed by atoms with Crippen LogP contribution < -0.4 is 0 Å². The third-order valence-corrected chi connectivity index (χ3v) is 3.81. The molecule has 1 aromatic carbocycles. The van der Waals surface area contributed by atoms with Gasteiger partial charge in [0.25, 0.3) is 0 Å². The number of benzene rings is 1. The van der Waals surface area contributed by atoms with Crippen LogP contribution in [-0.2, 0) is 16.1 Å². The summed E-state index contributed by atoms with van der Waals surface area (Å²) in [6.07, 6.45) is 4.29. The third kappa shape index (κ3) is 3.28. The number of ether oxygens (including phenoxy) is 1. The number of rotatable bonds is 4. The van der Waals surface area contributed by atoms with E-state index in [1.165, 1.54) is 5.56 Å². The van der Waals surface area contributed by atoms with Gasteiger partial charge in [-0.1, -0.05) is 49.4 Å². The van der Waals surface area contributed by atoms with Gasteiger partial charge in [-0.15, -0.1) is 0 Å². The maximum Gasteiger partial charge on any atom is 0.323 e. The van der Waals surface area contributed by atoms with Crippen molar-refractivity contribution in [2.24, 2.45) is 5.92 Å². The van der Waals surface area contributed by atoms with Crippen LogP contribution in [0.25, 0.3) is 0 Å². The van der Waals surface area contributed by atoms with Crippen molar-refractivity contribution in [1.29, 1.82) is 0 Å². The van der Waals surface area contributed by atoms with E-state index in [1.807, 2.05) is 25.1 Å². The Labute approximate surface area is 121 Å². The zero-order valence-electron chi connectivity index (χ0n) is 12.5. The highest BCUT2D eigenvalue weighted by atomic mass is 16.5. The van der Waals surface area contributed by atoms with Crippen LogP contribution in [0.15, 0.2) is 42.5 Å². The van der Waals surface area contributed by atoms with E-state index in [0.717, 1.165) is 6.54 Å². The van der Waals surface area contributed by atoms with Crippen LogP contribution in [0, 0.1) is 5.92 Å². The summed E-state index contributed by atoms with van der Waals surface area (Å²) in [6, 6.07) is 10.3. The molecule has 1 aliphatic rings. The smallest absolute Gasteiger partial charge is 0.323 e. The molecule has 2 rings (SSSR count). The molecule has 0 fully saturated rings. The molecule has 0 unspecified atom stereocenters. The first-order chi connectivity index (χ1) is 9.63. The Morgan fingerprint density at radius 1 is 1.20 bits per heavy atom. The molecule has 1 heterocycles. The minimum absolute atomic E-state index is 0.118. The van der Waals surface area contributed by atoms with Crippen molar-refractivity contribution in [2.45, 2.75) is 39.4 Å². The first-order valence-electron chi connectivity index (χ1n) is 7.28. The third-order valence-electron chi connectivity index (χ3n) is 3.81. The van der Waals surface area contributed by atoms with Crippen LogP contribution in [0.4, 0.5) is 0 Å². The SMILES string of the molecule is CCOC(=O)[C@@H]1[C@@H](C)C=C[C@@H](C)N1Cc1ccccc1. The monoisotopic (exact) mass is 273 g/mol. The fourth-order valence-corrected chi connectivity index (χ4v) is 2.72. The second-order valence-electron chi connectivity index (χ2n) is 5.34. The number of esters is 1. The highest BCUT2D eigenvalue weighted by Crippen LogP contribution is 2.25. The van der Waals surface area contributed by atoms with Gasteiger partial charge in [-0.05, 0) is 19.4 Å². The van der Waals surface area contributed by atoms with Crippen molar-refractivity contribution in [3.05, 3.63) is 48.0 Å². The van der Waals surface area contributed by atoms with Crippen LogP contribution in [0.3, 0.4) is 0 Å². The maximum atomic E-state index is 12.3. The normalized spacial score (nSPS) is 26.4. The van der Waals surface area contributed by atoms with Crippen molar-refractivity contribution in [3.63, 3.8) is 0 Å². The second-order valence-corrected chi connectivity index (χ2v) is 5.34. The Kier molecular flexibility index (Phi) is 4.96. The molecule has 0 saturated carbocycles. The quantitative estimate of drug-likeness (QED) is 0.624. The van der Waals surface area contributed by atoms with Crippen molar-refractivity contribution < 1.29 is 9.53 Å². The molecule has 1 aliphatic heterocycles. The summed E-state index contributed by atoms with van der Waals surface area (Å²) in [6.45, 7) is 7.24. The molecule has 0 amide bonds. The van der Waals surface area contributed by atoms with E-state index in [9.17, 15) is 4.79 Å². The molecule has 0 aromatic heterocycles. The van der Waals surface area contributed by atoms with Gasteiger partial charge in [0.2, 0.25) is 0 Å². The molecule has 3 heteroatoms. The van der Waals surface area contributed by atoms with Crippen molar-refractivity contribution in [1.82, 2.24) is 4.90 Å². The number of carbonyl (C=O) groups is 1. The Balaban J connectivity index is 2.21. The highest BCUT2D eigenvalue weighted by molar-refractivity contribution is 5.76. The van der Waals surface area contributed by atoms with E-state index in [0.29, 0.717) is 6.61 Å². The first kappa shape index (κ1) is 14.8. The lowest BCUT2D eigenvalue weighted by Crippen LogP contribution is -2.51. The van der Waals surface area contributed by atoms with Gasteiger partial charge in [0.15, 0.2) is 0 Å². The molecule has 0 N–H and O–H groups in total. The van der Waals surface area contributed by atoms with E-state index in [-0.39, 0.29) is 24.0 Å².